The molecule has 4 heteroatoms. The van der Waals surface area contributed by atoms with Crippen LogP contribution in [0.3, 0.4) is 0 Å². The van der Waals surface area contributed by atoms with E-state index in [9.17, 15) is 14.4 Å². The normalized spacial score (nSPS) is 46.0. The Hall–Kier alpha value is -1.45. The number of allylic oxidation sites excluding steroid dienone is 1. The van der Waals surface area contributed by atoms with E-state index >= 15 is 0 Å². The highest BCUT2D eigenvalue weighted by Gasteiger charge is 2.59. The number of esters is 1. The number of ketones is 2. The van der Waals surface area contributed by atoms with Crippen molar-refractivity contribution in [2.24, 2.45) is 28.6 Å². The molecule has 0 N–H and O–H groups in total. The van der Waals surface area contributed by atoms with Crippen molar-refractivity contribution in [3.05, 3.63) is 11.6 Å². The molecule has 0 aromatic carbocycles. The van der Waals surface area contributed by atoms with Crippen LogP contribution in [0.5, 0.6) is 0 Å². The zero-order valence-corrected chi connectivity index (χ0v) is 15.5. The second-order valence-corrected chi connectivity index (χ2v) is 9.13. The summed E-state index contributed by atoms with van der Waals surface area (Å²) in [6.07, 6.45) is 7.53. The fraction of sp³-hybridized carbons (Fsp3) is 0.762. The van der Waals surface area contributed by atoms with Crippen LogP contribution in [-0.4, -0.2) is 23.6 Å². The third-order valence-corrected chi connectivity index (χ3v) is 8.00. The van der Waals surface area contributed by atoms with Crippen LogP contribution < -0.4 is 0 Å². The highest BCUT2D eigenvalue weighted by molar-refractivity contribution is 5.96. The lowest BCUT2D eigenvalue weighted by Gasteiger charge is -2.57. The quantitative estimate of drug-likeness (QED) is 0.682. The van der Waals surface area contributed by atoms with Gasteiger partial charge in [-0.3, -0.25) is 14.4 Å². The SMILES string of the molecule is CC(=O)O[C@@H]1C[C@]2(C)C(=CC1=O)CC[C@@H]1[C@@H]3CCC(=O)[C@@]3(C)CC[C@@H]12. The second-order valence-electron chi connectivity index (χ2n) is 9.13. The monoisotopic (exact) mass is 344 g/mol. The van der Waals surface area contributed by atoms with Crippen molar-refractivity contribution in [1.29, 1.82) is 0 Å². The molecule has 0 unspecified atom stereocenters. The average molecular weight is 344 g/mol. The van der Waals surface area contributed by atoms with Gasteiger partial charge in [0.15, 0.2) is 11.9 Å². The van der Waals surface area contributed by atoms with Gasteiger partial charge in [0.2, 0.25) is 0 Å². The molecule has 0 bridgehead atoms. The van der Waals surface area contributed by atoms with Gasteiger partial charge in [-0.05, 0) is 61.3 Å². The zero-order chi connectivity index (χ0) is 18.0. The van der Waals surface area contributed by atoms with E-state index in [1.54, 1.807) is 6.08 Å². The van der Waals surface area contributed by atoms with E-state index in [4.69, 9.17) is 4.74 Å². The fourth-order valence-electron chi connectivity index (χ4n) is 6.67. The molecule has 3 saturated carbocycles. The maximum Gasteiger partial charge on any atom is 0.303 e. The van der Waals surface area contributed by atoms with E-state index in [1.165, 1.54) is 12.5 Å². The lowest BCUT2D eigenvalue weighted by atomic mass is 9.47. The van der Waals surface area contributed by atoms with Crippen LogP contribution in [0.4, 0.5) is 0 Å². The number of rotatable bonds is 1. The predicted molar refractivity (Wildman–Crippen MR) is 92.7 cm³/mol. The highest BCUT2D eigenvalue weighted by atomic mass is 16.5. The minimum atomic E-state index is -0.636. The number of carbonyl (C=O) groups excluding carboxylic acids is 3. The van der Waals surface area contributed by atoms with E-state index in [0.29, 0.717) is 30.0 Å². The lowest BCUT2D eigenvalue weighted by Crippen LogP contribution is -2.52. The van der Waals surface area contributed by atoms with Crippen molar-refractivity contribution < 1.29 is 19.1 Å². The molecule has 4 aliphatic carbocycles. The first-order valence-electron chi connectivity index (χ1n) is 9.71. The minimum absolute atomic E-state index is 0.0576. The molecule has 0 aliphatic heterocycles. The summed E-state index contributed by atoms with van der Waals surface area (Å²) in [6.45, 7) is 5.82. The molecule has 0 aromatic heterocycles. The van der Waals surface area contributed by atoms with E-state index in [1.807, 2.05) is 0 Å². The van der Waals surface area contributed by atoms with Gasteiger partial charge in [-0.1, -0.05) is 19.4 Å². The molecule has 136 valence electrons. The molecule has 4 aliphatic rings. The number of hydrogen-bond acceptors (Lipinski definition) is 4. The summed E-state index contributed by atoms with van der Waals surface area (Å²) in [5, 5.41) is 0. The van der Waals surface area contributed by atoms with Crippen molar-refractivity contribution in [2.75, 3.05) is 0 Å². The summed E-state index contributed by atoms with van der Waals surface area (Å²) in [6, 6.07) is 0. The Balaban J connectivity index is 1.66. The van der Waals surface area contributed by atoms with Gasteiger partial charge in [0, 0.05) is 25.2 Å². The smallest absolute Gasteiger partial charge is 0.303 e. The minimum Gasteiger partial charge on any atom is -0.454 e. The molecule has 4 rings (SSSR count). The molecule has 0 heterocycles. The van der Waals surface area contributed by atoms with Crippen LogP contribution in [-0.2, 0) is 19.1 Å². The molecule has 0 spiro atoms. The average Bonchev–Trinajstić information content (AvgIpc) is 2.84. The van der Waals surface area contributed by atoms with Crippen molar-refractivity contribution in [3.8, 4) is 0 Å². The summed E-state index contributed by atoms with van der Waals surface area (Å²) in [5.74, 6) is 1.55. The van der Waals surface area contributed by atoms with Crippen LogP contribution in [0.2, 0.25) is 0 Å². The summed E-state index contributed by atoms with van der Waals surface area (Å²) >= 11 is 0. The maximum atomic E-state index is 12.5. The van der Waals surface area contributed by atoms with E-state index in [2.05, 4.69) is 13.8 Å². The first-order valence-corrected chi connectivity index (χ1v) is 9.71. The van der Waals surface area contributed by atoms with Gasteiger partial charge in [-0.15, -0.1) is 0 Å². The Morgan fingerprint density at radius 3 is 2.52 bits per heavy atom. The van der Waals surface area contributed by atoms with E-state index < -0.39 is 6.10 Å². The molecule has 3 fully saturated rings. The number of ether oxygens (including phenoxy) is 1. The summed E-state index contributed by atoms with van der Waals surface area (Å²) in [4.78, 5) is 36.2. The number of Topliss-reactive ketones (excluding diaryl/α,β-unsaturated/α-hetero) is 1. The van der Waals surface area contributed by atoms with Gasteiger partial charge in [-0.2, -0.15) is 0 Å². The Labute approximate surface area is 149 Å². The fourth-order valence-corrected chi connectivity index (χ4v) is 6.67. The van der Waals surface area contributed by atoms with Crippen molar-refractivity contribution >= 4 is 17.5 Å². The molecule has 0 saturated heterocycles. The van der Waals surface area contributed by atoms with Gasteiger partial charge >= 0.3 is 5.97 Å². The maximum absolute atomic E-state index is 12.5. The van der Waals surface area contributed by atoms with Crippen LogP contribution in [0.25, 0.3) is 0 Å². The summed E-state index contributed by atoms with van der Waals surface area (Å²) in [5.41, 5.74) is 1.04. The van der Waals surface area contributed by atoms with Crippen LogP contribution in [0.15, 0.2) is 11.6 Å². The molecule has 4 nitrogen and oxygen atoms in total. The molecule has 0 radical (unpaired) electrons. The standard InChI is InChI=1S/C21H28O4/c1-12(22)25-18-11-21(3)13(10-17(18)23)4-5-14-15-6-7-19(24)20(15,2)9-8-16(14)21/h10,14-16,18H,4-9,11H2,1-3H3/t14-,15+,16+,18-,20+,21-/m1/s1. The Bertz CT molecular complexity index is 677. The zero-order valence-electron chi connectivity index (χ0n) is 15.5. The Kier molecular flexibility index (Phi) is 3.75. The predicted octanol–water partition coefficient (Wildman–Crippen LogP) is 3.63. The number of hydrogen-bond donors (Lipinski definition) is 0. The second kappa shape index (κ2) is 5.52. The molecule has 25 heavy (non-hydrogen) atoms. The van der Waals surface area contributed by atoms with Crippen LogP contribution in [0.1, 0.15) is 65.7 Å². The Morgan fingerprint density at radius 2 is 1.80 bits per heavy atom. The molecular weight excluding hydrogens is 316 g/mol. The third-order valence-electron chi connectivity index (χ3n) is 8.00. The molecule has 0 amide bonds. The van der Waals surface area contributed by atoms with Crippen molar-refractivity contribution in [1.82, 2.24) is 0 Å². The molecule has 0 aromatic rings. The van der Waals surface area contributed by atoms with E-state index in [0.717, 1.165) is 38.5 Å². The highest BCUT2D eigenvalue weighted by Crippen LogP contribution is 2.64. The van der Waals surface area contributed by atoms with Gasteiger partial charge in [0.05, 0.1) is 0 Å². The summed E-state index contributed by atoms with van der Waals surface area (Å²) in [7, 11) is 0. The molecular formula is C21H28O4. The van der Waals surface area contributed by atoms with Crippen LogP contribution in [0, 0.1) is 28.6 Å². The van der Waals surface area contributed by atoms with E-state index in [-0.39, 0.29) is 22.6 Å². The van der Waals surface area contributed by atoms with Gasteiger partial charge in [-0.25, -0.2) is 0 Å². The summed E-state index contributed by atoms with van der Waals surface area (Å²) < 4.78 is 5.33. The first-order chi connectivity index (χ1) is 11.8. The van der Waals surface area contributed by atoms with Crippen molar-refractivity contribution in [2.45, 2.75) is 71.8 Å². The van der Waals surface area contributed by atoms with Crippen LogP contribution >= 0.6 is 0 Å². The molecule has 6 atom stereocenters. The van der Waals surface area contributed by atoms with Gasteiger partial charge in [0.1, 0.15) is 5.78 Å². The number of fused-ring (bicyclic) bond motifs is 5. The Morgan fingerprint density at radius 1 is 1.08 bits per heavy atom. The van der Waals surface area contributed by atoms with Gasteiger partial charge in [0.25, 0.3) is 0 Å². The first kappa shape index (κ1) is 17.0. The topological polar surface area (TPSA) is 60.4 Å². The van der Waals surface area contributed by atoms with Crippen molar-refractivity contribution in [3.63, 3.8) is 0 Å². The largest absolute Gasteiger partial charge is 0.454 e. The number of carbonyl (C=O) groups is 3. The van der Waals surface area contributed by atoms with Gasteiger partial charge < -0.3 is 4.74 Å². The third kappa shape index (κ3) is 2.36. The lowest BCUT2D eigenvalue weighted by molar-refractivity contribution is -0.156.